The molecule has 0 spiro atoms. The largest absolute Gasteiger partial charge is 0.373 e. The Morgan fingerprint density at radius 1 is 1.17 bits per heavy atom. The van der Waals surface area contributed by atoms with Crippen molar-refractivity contribution in [3.05, 3.63) is 24.3 Å². The van der Waals surface area contributed by atoms with Gasteiger partial charge in [0.1, 0.15) is 0 Å². The minimum absolute atomic E-state index is 0.115. The van der Waals surface area contributed by atoms with E-state index < -0.39 is 22.1 Å². The summed E-state index contributed by atoms with van der Waals surface area (Å²) in [7, 11) is -3.64. The van der Waals surface area contributed by atoms with Crippen LogP contribution in [0.25, 0.3) is 0 Å². The zero-order valence-electron chi connectivity index (χ0n) is 13.4. The van der Waals surface area contributed by atoms with E-state index in [1.165, 1.54) is 28.6 Å². The molecule has 0 aliphatic carbocycles. The molecule has 2 atom stereocenters. The van der Waals surface area contributed by atoms with Gasteiger partial charge in [-0.1, -0.05) is 0 Å². The first-order valence-electron chi connectivity index (χ1n) is 7.31. The lowest BCUT2D eigenvalue weighted by Gasteiger charge is -2.34. The Morgan fingerprint density at radius 3 is 2.21 bits per heavy atom. The summed E-state index contributed by atoms with van der Waals surface area (Å²) in [4.78, 5) is 22.0. The molecular formula is C14H20N4O5S. The van der Waals surface area contributed by atoms with Gasteiger partial charge in [0.2, 0.25) is 10.0 Å². The van der Waals surface area contributed by atoms with Crippen molar-refractivity contribution in [2.24, 2.45) is 5.73 Å². The number of nitrogens with one attached hydrogen (secondary N) is 2. The topological polar surface area (TPSA) is 131 Å². The fraction of sp³-hybridized carbons (Fsp3) is 0.429. The van der Waals surface area contributed by atoms with Gasteiger partial charge in [-0.2, -0.15) is 4.31 Å². The normalized spacial score (nSPS) is 21.9. The summed E-state index contributed by atoms with van der Waals surface area (Å²) >= 11 is 0. The van der Waals surface area contributed by atoms with Crippen LogP contribution in [0.3, 0.4) is 0 Å². The molecular weight excluding hydrogens is 336 g/mol. The van der Waals surface area contributed by atoms with E-state index in [-0.39, 0.29) is 30.2 Å². The van der Waals surface area contributed by atoms with Crippen LogP contribution in [-0.4, -0.2) is 50.1 Å². The molecule has 1 aliphatic rings. The van der Waals surface area contributed by atoms with Gasteiger partial charge in [0.25, 0.3) is 0 Å². The Morgan fingerprint density at radius 2 is 1.71 bits per heavy atom. The van der Waals surface area contributed by atoms with Crippen LogP contribution in [0.4, 0.5) is 15.3 Å². The van der Waals surface area contributed by atoms with E-state index in [9.17, 15) is 18.0 Å². The van der Waals surface area contributed by atoms with E-state index in [4.69, 9.17) is 10.5 Å². The van der Waals surface area contributed by atoms with E-state index >= 15 is 0 Å². The third kappa shape index (κ3) is 4.43. The molecule has 10 heteroatoms. The number of morpholine rings is 1. The maximum Gasteiger partial charge on any atom is 0.327 e. The summed E-state index contributed by atoms with van der Waals surface area (Å²) < 4.78 is 32.3. The second kappa shape index (κ2) is 7.16. The molecule has 9 nitrogen and oxygen atoms in total. The van der Waals surface area contributed by atoms with Crippen LogP contribution in [0.5, 0.6) is 0 Å². The number of urea groups is 2. The Kier molecular flexibility index (Phi) is 5.42. The summed E-state index contributed by atoms with van der Waals surface area (Å²) in [6, 6.07) is 3.86. The lowest BCUT2D eigenvalue weighted by atomic mass is 10.3. The monoisotopic (exact) mass is 356 g/mol. The number of hydrogen-bond acceptors (Lipinski definition) is 5. The highest BCUT2D eigenvalue weighted by atomic mass is 32.2. The molecule has 0 radical (unpaired) electrons. The summed E-state index contributed by atoms with van der Waals surface area (Å²) in [6.07, 6.45) is -0.357. The zero-order chi connectivity index (χ0) is 17.9. The van der Waals surface area contributed by atoms with Gasteiger partial charge in [0, 0.05) is 18.8 Å². The third-order valence-corrected chi connectivity index (χ3v) is 5.22. The smallest absolute Gasteiger partial charge is 0.327 e. The zero-order valence-corrected chi connectivity index (χ0v) is 14.2. The van der Waals surface area contributed by atoms with E-state index in [1.807, 2.05) is 19.2 Å². The molecule has 1 aromatic rings. The average molecular weight is 356 g/mol. The van der Waals surface area contributed by atoms with Gasteiger partial charge in [-0.05, 0) is 38.1 Å². The molecule has 1 aliphatic heterocycles. The molecule has 1 aromatic carbocycles. The summed E-state index contributed by atoms with van der Waals surface area (Å²) in [5.41, 5.74) is 5.16. The molecule has 1 heterocycles. The number of anilines is 1. The van der Waals surface area contributed by atoms with Gasteiger partial charge >= 0.3 is 12.1 Å². The quantitative estimate of drug-likeness (QED) is 0.733. The molecule has 1 saturated heterocycles. The van der Waals surface area contributed by atoms with Gasteiger partial charge in [-0.25, -0.2) is 18.0 Å². The van der Waals surface area contributed by atoms with E-state index in [1.54, 1.807) is 0 Å². The number of carbonyl (C=O) groups is 2. The van der Waals surface area contributed by atoms with Gasteiger partial charge in [-0.15, -0.1) is 0 Å². The first-order valence-corrected chi connectivity index (χ1v) is 8.75. The number of ether oxygens (including phenoxy) is 1. The van der Waals surface area contributed by atoms with Crippen LogP contribution in [0.15, 0.2) is 29.2 Å². The van der Waals surface area contributed by atoms with Crippen molar-refractivity contribution in [1.29, 1.82) is 0 Å². The van der Waals surface area contributed by atoms with Crippen molar-refractivity contribution in [2.75, 3.05) is 18.4 Å². The van der Waals surface area contributed by atoms with Crippen LogP contribution in [0, 0.1) is 0 Å². The summed E-state index contributed by atoms with van der Waals surface area (Å²) in [6.45, 7) is 4.21. The number of amides is 4. The van der Waals surface area contributed by atoms with Crippen molar-refractivity contribution in [3.8, 4) is 0 Å². The highest BCUT2D eigenvalue weighted by Gasteiger charge is 2.32. The molecule has 0 saturated carbocycles. The summed E-state index contributed by atoms with van der Waals surface area (Å²) in [5.74, 6) is 0. The van der Waals surface area contributed by atoms with Crippen molar-refractivity contribution in [1.82, 2.24) is 9.62 Å². The maximum absolute atomic E-state index is 12.7. The number of nitrogens with zero attached hydrogens (tertiary/aromatic N) is 1. The Labute approximate surface area is 140 Å². The predicted molar refractivity (Wildman–Crippen MR) is 86.9 cm³/mol. The van der Waals surface area contributed by atoms with Crippen LogP contribution in [0.2, 0.25) is 0 Å². The molecule has 4 N–H and O–H groups in total. The van der Waals surface area contributed by atoms with Crippen LogP contribution >= 0.6 is 0 Å². The van der Waals surface area contributed by atoms with E-state index in [0.29, 0.717) is 5.69 Å². The maximum atomic E-state index is 12.7. The van der Waals surface area contributed by atoms with Gasteiger partial charge in [0.15, 0.2) is 0 Å². The highest BCUT2D eigenvalue weighted by Crippen LogP contribution is 2.22. The standard InChI is InChI=1S/C14H20N4O5S/c1-9-7-18(8-10(2)23-9)24(21,22)12-5-3-11(4-6-12)16-14(20)17-13(15)19/h3-6,9-10H,7-8H2,1-2H3,(H4,15,16,17,19,20). The van der Waals surface area contributed by atoms with Crippen LogP contribution < -0.4 is 16.4 Å². The number of imide groups is 1. The van der Waals surface area contributed by atoms with Gasteiger partial charge in [-0.3, -0.25) is 5.32 Å². The Bertz CT molecular complexity index is 709. The van der Waals surface area contributed by atoms with Crippen molar-refractivity contribution in [2.45, 2.75) is 31.0 Å². The molecule has 24 heavy (non-hydrogen) atoms. The number of hydrogen-bond donors (Lipinski definition) is 3. The third-order valence-electron chi connectivity index (χ3n) is 3.37. The number of sulfonamides is 1. The number of benzene rings is 1. The molecule has 4 amide bonds. The highest BCUT2D eigenvalue weighted by molar-refractivity contribution is 7.89. The van der Waals surface area contributed by atoms with Crippen LogP contribution in [-0.2, 0) is 14.8 Å². The predicted octanol–water partition coefficient (Wildman–Crippen LogP) is 0.685. The number of nitrogens with two attached hydrogens (primary N) is 1. The minimum atomic E-state index is -3.64. The SMILES string of the molecule is CC1CN(S(=O)(=O)c2ccc(NC(=O)NC(N)=O)cc2)CC(C)O1. The molecule has 0 aromatic heterocycles. The first kappa shape index (κ1) is 18.2. The average Bonchev–Trinajstić information content (AvgIpc) is 2.45. The first-order chi connectivity index (χ1) is 11.2. The van der Waals surface area contributed by atoms with E-state index in [0.717, 1.165) is 0 Å². The lowest BCUT2D eigenvalue weighted by Crippen LogP contribution is -2.48. The molecule has 1 fully saturated rings. The second-order valence-electron chi connectivity index (χ2n) is 5.55. The lowest BCUT2D eigenvalue weighted by molar-refractivity contribution is -0.0440. The van der Waals surface area contributed by atoms with Crippen molar-refractivity contribution in [3.63, 3.8) is 0 Å². The number of carbonyl (C=O) groups excluding carboxylic acids is 2. The fourth-order valence-corrected chi connectivity index (χ4v) is 4.05. The molecule has 132 valence electrons. The second-order valence-corrected chi connectivity index (χ2v) is 7.49. The Balaban J connectivity index is 2.11. The van der Waals surface area contributed by atoms with Crippen molar-refractivity contribution < 1.29 is 22.7 Å². The van der Waals surface area contributed by atoms with Gasteiger partial charge < -0.3 is 15.8 Å². The fourth-order valence-electron chi connectivity index (χ4n) is 2.46. The number of primary amides is 1. The molecule has 2 rings (SSSR count). The Hall–Kier alpha value is -2.17. The molecule has 2 unspecified atom stereocenters. The van der Waals surface area contributed by atoms with Crippen molar-refractivity contribution >= 4 is 27.8 Å². The van der Waals surface area contributed by atoms with Crippen LogP contribution in [0.1, 0.15) is 13.8 Å². The van der Waals surface area contributed by atoms with E-state index in [2.05, 4.69) is 5.32 Å². The molecule has 0 bridgehead atoms. The summed E-state index contributed by atoms with van der Waals surface area (Å²) in [5, 5.41) is 4.21. The number of rotatable bonds is 3. The minimum Gasteiger partial charge on any atom is -0.373 e. The van der Waals surface area contributed by atoms with Gasteiger partial charge in [0.05, 0.1) is 17.1 Å².